The van der Waals surface area contributed by atoms with Crippen LogP contribution < -0.4 is 5.32 Å². The number of carbonyl (C=O) groups excluding carboxylic acids is 1. The van der Waals surface area contributed by atoms with Crippen molar-refractivity contribution in [2.24, 2.45) is 0 Å². The van der Waals surface area contributed by atoms with Gasteiger partial charge in [0.2, 0.25) is 0 Å². The van der Waals surface area contributed by atoms with Crippen LogP contribution in [0.5, 0.6) is 0 Å². The summed E-state index contributed by atoms with van der Waals surface area (Å²) in [6.07, 6.45) is 5.43. The van der Waals surface area contributed by atoms with E-state index in [9.17, 15) is 4.79 Å². The number of rotatable bonds is 7. The smallest absolute Gasteiger partial charge is 0.255 e. The number of nitrogens with one attached hydrogen (secondary N) is 1. The van der Waals surface area contributed by atoms with E-state index in [1.807, 2.05) is 39.7 Å². The predicted octanol–water partition coefficient (Wildman–Crippen LogP) is 4.87. The Bertz CT molecular complexity index is 1620. The minimum Gasteiger partial charge on any atom is -0.348 e. The van der Waals surface area contributed by atoms with Gasteiger partial charge in [-0.25, -0.2) is 9.67 Å². The highest BCUT2D eigenvalue weighted by atomic mass is 79.9. The van der Waals surface area contributed by atoms with Crippen molar-refractivity contribution < 1.29 is 4.79 Å². The zero-order chi connectivity index (χ0) is 25.5. The Kier molecular flexibility index (Phi) is 6.48. The van der Waals surface area contributed by atoms with Gasteiger partial charge in [-0.15, -0.1) is 5.10 Å². The lowest BCUT2D eigenvalue weighted by Crippen LogP contribution is -2.25. The molecule has 0 bridgehead atoms. The average molecular weight is 600 g/mol. The predicted molar refractivity (Wildman–Crippen MR) is 144 cm³/mol. The van der Waals surface area contributed by atoms with Gasteiger partial charge in [0, 0.05) is 33.2 Å². The molecule has 6 rings (SSSR count). The summed E-state index contributed by atoms with van der Waals surface area (Å²) in [6, 6.07) is 11.5. The molecule has 12 heteroatoms. The van der Waals surface area contributed by atoms with E-state index >= 15 is 0 Å². The molecule has 3 aromatic heterocycles. The topological polar surface area (TPSA) is 95.5 Å². The van der Waals surface area contributed by atoms with Crippen LogP contribution in [0, 0.1) is 0 Å². The van der Waals surface area contributed by atoms with Crippen molar-refractivity contribution in [2.75, 3.05) is 0 Å². The Balaban J connectivity index is 1.21. The molecule has 0 saturated carbocycles. The van der Waals surface area contributed by atoms with E-state index < -0.39 is 0 Å². The van der Waals surface area contributed by atoms with Gasteiger partial charge in [-0.3, -0.25) is 9.48 Å². The molecule has 0 saturated heterocycles. The first-order chi connectivity index (χ1) is 18.0. The van der Waals surface area contributed by atoms with Crippen LogP contribution in [-0.2, 0) is 32.6 Å². The van der Waals surface area contributed by atoms with E-state index in [0.29, 0.717) is 40.0 Å². The van der Waals surface area contributed by atoms with Crippen LogP contribution in [0.2, 0.25) is 10.0 Å². The highest BCUT2D eigenvalue weighted by molar-refractivity contribution is 9.10. The number of benzene rings is 2. The highest BCUT2D eigenvalue weighted by Gasteiger charge is 2.27. The van der Waals surface area contributed by atoms with Crippen molar-refractivity contribution in [3.63, 3.8) is 0 Å². The molecule has 0 atom stereocenters. The monoisotopic (exact) mass is 598 g/mol. The highest BCUT2D eigenvalue weighted by Crippen LogP contribution is 2.29. The molecule has 0 aliphatic carbocycles. The maximum absolute atomic E-state index is 13.4. The molecule has 37 heavy (non-hydrogen) atoms. The van der Waals surface area contributed by atoms with Crippen LogP contribution in [0.3, 0.4) is 0 Å². The van der Waals surface area contributed by atoms with Gasteiger partial charge in [0.15, 0.2) is 0 Å². The van der Waals surface area contributed by atoms with E-state index in [-0.39, 0.29) is 12.5 Å². The zero-order valence-electron chi connectivity index (χ0n) is 19.5. The standard InChI is InChI=1S/C25H21BrCl2N8O/c26-15-8-18(27)17(19(28)9-15)10-29-25(37)24-21(32-36-7-3-6-23(24)36)13-35-12-16(31-33-35)11-34-14-30-20-4-1-2-5-22(20)34/h1-2,4-5,8-9,12,14H,3,6-7,10-11,13H2,(H,29,37). The molecule has 2 aromatic carbocycles. The fourth-order valence-corrected chi connectivity index (χ4v) is 6.05. The molecule has 0 fully saturated rings. The first kappa shape index (κ1) is 24.1. The molecule has 0 spiro atoms. The number of aryl methyl sites for hydroxylation is 1. The van der Waals surface area contributed by atoms with Gasteiger partial charge in [-0.05, 0) is 37.1 Å². The van der Waals surface area contributed by atoms with Crippen LogP contribution in [-0.4, -0.2) is 40.2 Å². The number of imidazole rings is 1. The SMILES string of the molecule is O=C(NCc1c(Cl)cc(Br)cc1Cl)c1c(Cn2cc(Cn3cnc4ccccc43)nn2)nn2c1CCC2. The summed E-state index contributed by atoms with van der Waals surface area (Å²) in [5, 5.41) is 17.3. The number of halogens is 3. The normalized spacial score (nSPS) is 12.8. The lowest BCUT2D eigenvalue weighted by Gasteiger charge is -2.10. The molecule has 1 aliphatic heterocycles. The van der Waals surface area contributed by atoms with E-state index in [1.165, 1.54) is 0 Å². The fourth-order valence-electron chi connectivity index (χ4n) is 4.71. The third-order valence-corrected chi connectivity index (χ3v) is 7.56. The second-order valence-electron chi connectivity index (χ2n) is 8.89. The molecule has 0 radical (unpaired) electrons. The van der Waals surface area contributed by atoms with Crippen molar-refractivity contribution in [1.29, 1.82) is 0 Å². The van der Waals surface area contributed by atoms with Crippen molar-refractivity contribution >= 4 is 56.1 Å². The lowest BCUT2D eigenvalue weighted by atomic mass is 10.1. The van der Waals surface area contributed by atoms with Crippen molar-refractivity contribution in [2.45, 2.75) is 39.0 Å². The fraction of sp³-hybridized carbons (Fsp3) is 0.240. The first-order valence-corrected chi connectivity index (χ1v) is 13.3. The molecule has 1 N–H and O–H groups in total. The summed E-state index contributed by atoms with van der Waals surface area (Å²) >= 11 is 16.1. The molecule has 9 nitrogen and oxygen atoms in total. The van der Waals surface area contributed by atoms with E-state index in [2.05, 4.69) is 36.5 Å². The molecule has 1 aliphatic rings. The second-order valence-corrected chi connectivity index (χ2v) is 10.6. The van der Waals surface area contributed by atoms with Gasteiger partial charge in [-0.1, -0.05) is 56.5 Å². The summed E-state index contributed by atoms with van der Waals surface area (Å²) in [5.74, 6) is -0.210. The van der Waals surface area contributed by atoms with Crippen molar-refractivity contribution in [3.05, 3.63) is 91.6 Å². The first-order valence-electron chi connectivity index (χ1n) is 11.8. The lowest BCUT2D eigenvalue weighted by molar-refractivity contribution is 0.0949. The number of fused-ring (bicyclic) bond motifs is 2. The molecule has 188 valence electrons. The number of hydrogen-bond acceptors (Lipinski definition) is 5. The molecule has 5 aromatic rings. The van der Waals surface area contributed by atoms with Gasteiger partial charge >= 0.3 is 0 Å². The molecular weight excluding hydrogens is 579 g/mol. The average Bonchev–Trinajstić information content (AvgIpc) is 3.64. The summed E-state index contributed by atoms with van der Waals surface area (Å²) < 4.78 is 6.44. The van der Waals surface area contributed by atoms with Gasteiger partial charge in [-0.2, -0.15) is 5.10 Å². The Morgan fingerprint density at radius 1 is 1.14 bits per heavy atom. The third kappa shape index (κ3) is 4.76. The quantitative estimate of drug-likeness (QED) is 0.288. The summed E-state index contributed by atoms with van der Waals surface area (Å²) in [5.41, 5.74) is 5.60. The van der Waals surface area contributed by atoms with E-state index in [0.717, 1.165) is 46.3 Å². The molecule has 0 unspecified atom stereocenters. The third-order valence-electron chi connectivity index (χ3n) is 6.43. The van der Waals surface area contributed by atoms with Gasteiger partial charge in [0.25, 0.3) is 5.91 Å². The zero-order valence-corrected chi connectivity index (χ0v) is 22.6. The van der Waals surface area contributed by atoms with Crippen LogP contribution in [0.1, 0.15) is 39.4 Å². The second kappa shape index (κ2) is 9.92. The maximum atomic E-state index is 13.4. The number of hydrogen-bond donors (Lipinski definition) is 1. The van der Waals surface area contributed by atoms with E-state index in [4.69, 9.17) is 28.3 Å². The van der Waals surface area contributed by atoms with Gasteiger partial charge in [0.1, 0.15) is 5.69 Å². The van der Waals surface area contributed by atoms with Crippen molar-refractivity contribution in [3.8, 4) is 0 Å². The number of para-hydroxylation sites is 2. The molecule has 1 amide bonds. The number of carbonyl (C=O) groups is 1. The van der Waals surface area contributed by atoms with Crippen LogP contribution >= 0.6 is 39.1 Å². The number of amides is 1. The Labute approximate surface area is 230 Å². The Hall–Kier alpha value is -3.21. The summed E-state index contributed by atoms with van der Waals surface area (Å²) in [6.45, 7) is 1.87. The maximum Gasteiger partial charge on any atom is 0.255 e. The minimum atomic E-state index is -0.210. The van der Waals surface area contributed by atoms with Crippen molar-refractivity contribution in [1.82, 2.24) is 39.6 Å². The molecular formula is C25H21BrCl2N8O. The number of aromatic nitrogens is 7. The largest absolute Gasteiger partial charge is 0.348 e. The van der Waals surface area contributed by atoms with Gasteiger partial charge in [0.05, 0.1) is 53.6 Å². The summed E-state index contributed by atoms with van der Waals surface area (Å²) in [7, 11) is 0. The summed E-state index contributed by atoms with van der Waals surface area (Å²) in [4.78, 5) is 17.8. The van der Waals surface area contributed by atoms with Crippen LogP contribution in [0.15, 0.2) is 53.4 Å². The number of nitrogens with zero attached hydrogens (tertiary/aromatic N) is 7. The Morgan fingerprint density at radius 3 is 2.78 bits per heavy atom. The van der Waals surface area contributed by atoms with Crippen LogP contribution in [0.4, 0.5) is 0 Å². The minimum absolute atomic E-state index is 0.209. The Morgan fingerprint density at radius 2 is 1.95 bits per heavy atom. The van der Waals surface area contributed by atoms with Crippen LogP contribution in [0.25, 0.3) is 11.0 Å². The molecule has 4 heterocycles. The van der Waals surface area contributed by atoms with Gasteiger partial charge < -0.3 is 9.88 Å². The van der Waals surface area contributed by atoms with E-state index in [1.54, 1.807) is 23.1 Å².